The van der Waals surface area contributed by atoms with Crippen LogP contribution in [0, 0.1) is 18.6 Å². The van der Waals surface area contributed by atoms with Gasteiger partial charge in [-0.25, -0.2) is 13.5 Å². The number of amides is 1. The van der Waals surface area contributed by atoms with E-state index in [-0.39, 0.29) is 12.0 Å². The van der Waals surface area contributed by atoms with Crippen LogP contribution in [0.15, 0.2) is 24.4 Å². The number of hydrogen-bond donors (Lipinski definition) is 1. The third-order valence-corrected chi connectivity index (χ3v) is 4.31. The molecule has 1 aliphatic rings. The van der Waals surface area contributed by atoms with Gasteiger partial charge in [0.1, 0.15) is 6.10 Å². The predicted molar refractivity (Wildman–Crippen MR) is 96.2 cm³/mol. The smallest absolute Gasteiger partial charge is 0.333 e. The van der Waals surface area contributed by atoms with Crippen molar-refractivity contribution in [1.29, 1.82) is 0 Å². The van der Waals surface area contributed by atoms with Crippen molar-refractivity contribution in [3.8, 4) is 0 Å². The van der Waals surface area contributed by atoms with E-state index in [0.717, 1.165) is 18.7 Å². The van der Waals surface area contributed by atoms with Gasteiger partial charge < -0.3 is 10.1 Å². The molecule has 1 saturated heterocycles. The van der Waals surface area contributed by atoms with Gasteiger partial charge in [0.25, 0.3) is 5.91 Å². The lowest BCUT2D eigenvalue weighted by atomic mass is 10.1. The van der Waals surface area contributed by atoms with Gasteiger partial charge in [-0.3, -0.25) is 4.79 Å². The maximum Gasteiger partial charge on any atom is 0.333 e. The Morgan fingerprint density at radius 1 is 1.36 bits per heavy atom. The fourth-order valence-electron chi connectivity index (χ4n) is 2.73. The molecule has 28 heavy (non-hydrogen) atoms. The van der Waals surface area contributed by atoms with Crippen LogP contribution in [0.4, 0.5) is 23.2 Å². The van der Waals surface area contributed by atoms with Crippen molar-refractivity contribution in [1.82, 2.24) is 9.78 Å². The van der Waals surface area contributed by atoms with Crippen molar-refractivity contribution >= 4 is 11.6 Å². The van der Waals surface area contributed by atoms with Gasteiger partial charge in [0, 0.05) is 0 Å². The lowest BCUT2D eigenvalue weighted by Crippen LogP contribution is -2.27. The molecule has 0 spiro atoms. The van der Waals surface area contributed by atoms with Gasteiger partial charge in [0.2, 0.25) is 0 Å². The largest absolute Gasteiger partial charge is 0.365 e. The van der Waals surface area contributed by atoms with Crippen LogP contribution >= 0.6 is 0 Å². The highest BCUT2D eigenvalue weighted by Crippen LogP contribution is 2.22. The summed E-state index contributed by atoms with van der Waals surface area (Å²) in [5.74, 6) is -1.79. The number of aryl methyl sites for hydroxylation is 2. The molecule has 1 N–H and O–H groups in total. The van der Waals surface area contributed by atoms with Crippen LogP contribution in [-0.4, -0.2) is 27.9 Å². The minimum absolute atomic E-state index is 0.0608. The lowest BCUT2D eigenvalue weighted by Gasteiger charge is -2.10. The number of rotatable bonds is 4. The van der Waals surface area contributed by atoms with E-state index in [1.807, 2.05) is 6.92 Å². The molecule has 9 heteroatoms. The van der Waals surface area contributed by atoms with Crippen molar-refractivity contribution in [3.63, 3.8) is 0 Å². The van der Waals surface area contributed by atoms with Gasteiger partial charge >= 0.3 is 6.55 Å². The van der Waals surface area contributed by atoms with Crippen LogP contribution in [0.5, 0.6) is 0 Å². The molecule has 5 nitrogen and oxygen atoms in total. The second-order valence-corrected chi connectivity index (χ2v) is 6.45. The summed E-state index contributed by atoms with van der Waals surface area (Å²) in [6, 6.07) is 4.21. The van der Waals surface area contributed by atoms with Gasteiger partial charge in [-0.2, -0.15) is 13.9 Å². The van der Waals surface area contributed by atoms with Crippen LogP contribution < -0.4 is 5.32 Å². The molecule has 2 unspecified atom stereocenters. The topological polar surface area (TPSA) is 56.2 Å². The number of benzene rings is 1. The number of nitrogens with one attached hydrogen (secondary N) is 1. The van der Waals surface area contributed by atoms with Gasteiger partial charge in [-0.05, 0) is 44.7 Å². The van der Waals surface area contributed by atoms with Gasteiger partial charge in [0.15, 0.2) is 11.6 Å². The van der Waals surface area contributed by atoms with E-state index in [0.29, 0.717) is 34.5 Å². The Balaban J connectivity index is 0.000000237. The number of aromatic nitrogens is 2. The first-order valence-corrected chi connectivity index (χ1v) is 8.96. The fraction of sp³-hybridized carbons (Fsp3) is 0.474. The first-order chi connectivity index (χ1) is 13.2. The normalized spacial score (nSPS) is 18.7. The average Bonchev–Trinajstić information content (AvgIpc) is 3.24. The van der Waals surface area contributed by atoms with Crippen molar-refractivity contribution in [2.24, 2.45) is 0 Å². The molecule has 1 aromatic carbocycles. The number of alkyl halides is 2. The highest BCUT2D eigenvalue weighted by atomic mass is 19.3. The summed E-state index contributed by atoms with van der Waals surface area (Å²) in [7, 11) is 0. The molecule has 1 aliphatic heterocycles. The van der Waals surface area contributed by atoms with Gasteiger partial charge in [-0.15, -0.1) is 0 Å². The molecule has 2 aromatic rings. The van der Waals surface area contributed by atoms with Crippen LogP contribution in [0.2, 0.25) is 0 Å². The van der Waals surface area contributed by atoms with E-state index in [1.54, 1.807) is 19.9 Å². The molecule has 1 aromatic heterocycles. The Hall–Kier alpha value is -2.42. The third kappa shape index (κ3) is 5.54. The third-order valence-electron chi connectivity index (χ3n) is 4.31. The number of anilines is 1. The zero-order valence-electron chi connectivity index (χ0n) is 15.9. The second-order valence-electron chi connectivity index (χ2n) is 6.45. The summed E-state index contributed by atoms with van der Waals surface area (Å²) in [5, 5.41) is 6.18. The minimum Gasteiger partial charge on any atom is -0.365 e. The van der Waals surface area contributed by atoms with Crippen LogP contribution in [0.25, 0.3) is 0 Å². The van der Waals surface area contributed by atoms with E-state index in [4.69, 9.17) is 4.74 Å². The van der Waals surface area contributed by atoms with Gasteiger partial charge in [-0.1, -0.05) is 19.1 Å². The second kappa shape index (κ2) is 9.68. The first kappa shape index (κ1) is 21.9. The monoisotopic (exact) mass is 401 g/mol. The maximum atomic E-state index is 12.6. The van der Waals surface area contributed by atoms with Crippen molar-refractivity contribution in [3.05, 3.63) is 47.3 Å². The van der Waals surface area contributed by atoms with E-state index in [1.165, 1.54) is 6.07 Å². The maximum absolute atomic E-state index is 12.6. The van der Waals surface area contributed by atoms with Crippen LogP contribution in [0.1, 0.15) is 44.5 Å². The molecule has 154 valence electrons. The van der Waals surface area contributed by atoms with Crippen LogP contribution in [0.3, 0.4) is 0 Å². The molecule has 2 heterocycles. The Kier molecular flexibility index (Phi) is 7.56. The fourth-order valence-corrected chi connectivity index (χ4v) is 2.73. The van der Waals surface area contributed by atoms with E-state index >= 15 is 0 Å². The van der Waals surface area contributed by atoms with Crippen LogP contribution in [-0.2, 0) is 16.0 Å². The highest BCUT2D eigenvalue weighted by molar-refractivity contribution is 5.94. The quantitative estimate of drug-likeness (QED) is 0.761. The predicted octanol–water partition coefficient (Wildman–Crippen LogP) is 4.62. The summed E-state index contributed by atoms with van der Waals surface area (Å²) >= 11 is 0. The molecule has 0 bridgehead atoms. The summed E-state index contributed by atoms with van der Waals surface area (Å²) in [6.07, 6.45) is 2.68. The molecule has 2 atom stereocenters. The molecular weight excluding hydrogens is 378 g/mol. The summed E-state index contributed by atoms with van der Waals surface area (Å²) < 4.78 is 55.8. The number of halogens is 4. The number of carbonyl (C=O) groups is 1. The Labute approximate surface area is 160 Å². The molecule has 0 aliphatic carbocycles. The zero-order chi connectivity index (χ0) is 20.8. The molecule has 1 amide bonds. The first-order valence-electron chi connectivity index (χ1n) is 8.96. The molecule has 3 rings (SSSR count). The number of ether oxygens (including phenoxy) is 1. The number of carbonyl (C=O) groups excluding carboxylic acids is 1. The van der Waals surface area contributed by atoms with E-state index in [2.05, 4.69) is 10.4 Å². The molecule has 0 saturated carbocycles. The standard InChI is InChI=1S/C11H15F2N3O2.C8H8F2/c1-6-3-4-9(18-6)10(17)14-8-5-16(11(12)13)15-7(8)2;1-2-6-4-3-5-7(9)8(6)10/h5-6,9,11H,3-4H2,1-2H3,(H,14,17);3-5H,2H2,1H3. The van der Waals surface area contributed by atoms with E-state index in [9.17, 15) is 22.4 Å². The average molecular weight is 401 g/mol. The van der Waals surface area contributed by atoms with Crippen molar-refractivity contribution < 1.29 is 27.1 Å². The Morgan fingerprint density at radius 3 is 2.57 bits per heavy atom. The summed E-state index contributed by atoms with van der Waals surface area (Å²) in [5.41, 5.74) is 1.08. The summed E-state index contributed by atoms with van der Waals surface area (Å²) in [6.45, 7) is 2.54. The summed E-state index contributed by atoms with van der Waals surface area (Å²) in [4.78, 5) is 11.8. The van der Waals surface area contributed by atoms with E-state index < -0.39 is 24.3 Å². The lowest BCUT2D eigenvalue weighted by molar-refractivity contribution is -0.126. The Bertz CT molecular complexity index is 810. The molecule has 1 fully saturated rings. The van der Waals surface area contributed by atoms with Crippen molar-refractivity contribution in [2.75, 3.05) is 5.32 Å². The minimum atomic E-state index is -2.71. The number of nitrogens with zero attached hydrogens (tertiary/aromatic N) is 2. The highest BCUT2D eigenvalue weighted by Gasteiger charge is 2.28. The zero-order valence-corrected chi connectivity index (χ0v) is 15.9. The Morgan fingerprint density at radius 2 is 2.07 bits per heavy atom. The molecular formula is C19H23F4N3O2. The molecule has 0 radical (unpaired) electrons. The number of hydrogen-bond acceptors (Lipinski definition) is 3. The SMILES string of the molecule is CCc1cccc(F)c1F.Cc1nn(C(F)F)cc1NC(=O)C1CCC(C)O1. The van der Waals surface area contributed by atoms with Gasteiger partial charge in [0.05, 0.1) is 23.7 Å². The van der Waals surface area contributed by atoms with Crippen molar-refractivity contribution in [2.45, 2.75) is 58.8 Å².